The molecule has 1 N–H and O–H groups in total. The quantitative estimate of drug-likeness (QED) is 0.280. The monoisotopic (exact) mass is 246 g/mol. The molecule has 0 spiro atoms. The molecular weight excluding hydrogens is 240 g/mol. The molecule has 1 aromatic heterocycles. The lowest BCUT2D eigenvalue weighted by atomic mass is 10.2. The van der Waals surface area contributed by atoms with E-state index in [0.29, 0.717) is 0 Å². The van der Waals surface area contributed by atoms with Crippen LogP contribution in [0, 0.1) is 20.2 Å². The molecule has 0 unspecified atom stereocenters. The van der Waals surface area contributed by atoms with E-state index in [-0.39, 0.29) is 6.61 Å². The van der Waals surface area contributed by atoms with Crippen molar-refractivity contribution in [3.05, 3.63) is 26.1 Å². The average Bonchev–Trinajstić information content (AvgIpc) is 2.71. The van der Waals surface area contributed by atoms with Crippen LogP contribution in [-0.4, -0.2) is 43.0 Å². The maximum atomic E-state index is 11.4. The Kier molecular flexibility index (Phi) is 3.26. The van der Waals surface area contributed by atoms with Crippen molar-refractivity contribution in [1.82, 2.24) is 20.6 Å². The largest absolute Gasteiger partial charge is 0.616 e. The van der Waals surface area contributed by atoms with E-state index in [1.807, 2.05) is 5.21 Å². The highest BCUT2D eigenvalue weighted by Gasteiger charge is 2.72. The Bertz CT molecular complexity index is 428. The molecule has 0 aliphatic rings. The van der Waals surface area contributed by atoms with Crippen LogP contribution in [0.25, 0.3) is 0 Å². The number of esters is 1. The minimum absolute atomic E-state index is 0.264. The van der Waals surface area contributed by atoms with Gasteiger partial charge in [0.2, 0.25) is 0 Å². The molecule has 92 valence electrons. The first kappa shape index (κ1) is 12.4. The van der Waals surface area contributed by atoms with Crippen molar-refractivity contribution >= 4 is 5.97 Å². The number of nitrogens with one attached hydrogen (secondary N) is 1. The first-order chi connectivity index (χ1) is 7.97. The van der Waals surface area contributed by atoms with E-state index in [1.165, 1.54) is 6.92 Å². The number of aromatic amines is 1. The van der Waals surface area contributed by atoms with Crippen LogP contribution in [-0.2, 0) is 15.2 Å². The average molecular weight is 246 g/mol. The van der Waals surface area contributed by atoms with Gasteiger partial charge in [0.25, 0.3) is 0 Å². The topological polar surface area (TPSA) is 167 Å². The molecule has 0 aromatic carbocycles. The number of ether oxygens (including phenoxy) is 1. The lowest BCUT2D eigenvalue weighted by Crippen LogP contribution is -2.52. The Morgan fingerprint density at radius 3 is 2.41 bits per heavy atom. The van der Waals surface area contributed by atoms with Crippen molar-refractivity contribution in [2.24, 2.45) is 0 Å². The molecule has 0 radical (unpaired) electrons. The maximum absolute atomic E-state index is 11.4. The number of nitro groups is 2. The number of carbonyl (C=O) groups is 1. The zero-order valence-electron chi connectivity index (χ0n) is 8.39. The highest BCUT2D eigenvalue weighted by atomic mass is 16.7. The van der Waals surface area contributed by atoms with Gasteiger partial charge in [0.05, 0.1) is 6.61 Å². The maximum Gasteiger partial charge on any atom is 0.616 e. The van der Waals surface area contributed by atoms with Gasteiger partial charge in [0, 0.05) is 0 Å². The normalized spacial score (nSPS) is 10.9. The number of H-pyrrole nitrogens is 1. The number of tetrazole rings is 1. The van der Waals surface area contributed by atoms with Crippen molar-refractivity contribution in [3.8, 4) is 0 Å². The Balaban J connectivity index is 3.39. The molecule has 0 saturated heterocycles. The molecule has 0 amide bonds. The molecule has 0 saturated carbocycles. The highest BCUT2D eigenvalue weighted by Crippen LogP contribution is 2.23. The molecule has 0 bridgehead atoms. The Morgan fingerprint density at radius 2 is 2.06 bits per heavy atom. The second-order valence-corrected chi connectivity index (χ2v) is 2.64. The molecule has 12 heteroatoms. The molecule has 0 aliphatic heterocycles. The summed E-state index contributed by atoms with van der Waals surface area (Å²) < 4.78 is 4.31. The molecule has 17 heavy (non-hydrogen) atoms. The van der Waals surface area contributed by atoms with Crippen molar-refractivity contribution in [2.75, 3.05) is 6.61 Å². The summed E-state index contributed by atoms with van der Waals surface area (Å²) in [5.41, 5.74) is -3.40. The first-order valence-corrected chi connectivity index (χ1v) is 4.18. The summed E-state index contributed by atoms with van der Waals surface area (Å²) in [7, 11) is 0. The van der Waals surface area contributed by atoms with E-state index >= 15 is 0 Å². The minimum atomic E-state index is -3.40. The summed E-state index contributed by atoms with van der Waals surface area (Å²) in [6.45, 7) is 1.08. The van der Waals surface area contributed by atoms with E-state index < -0.39 is 27.3 Å². The molecule has 1 aromatic rings. The second-order valence-electron chi connectivity index (χ2n) is 2.64. The van der Waals surface area contributed by atoms with Gasteiger partial charge in [-0.1, -0.05) is 5.10 Å². The van der Waals surface area contributed by atoms with Crippen LogP contribution in [0.2, 0.25) is 0 Å². The summed E-state index contributed by atoms with van der Waals surface area (Å²) in [5, 5.41) is 32.6. The van der Waals surface area contributed by atoms with Crippen LogP contribution in [0.1, 0.15) is 12.7 Å². The van der Waals surface area contributed by atoms with Gasteiger partial charge in [-0.2, -0.15) is 5.21 Å². The Morgan fingerprint density at radius 1 is 1.47 bits per heavy atom. The fraction of sp³-hybridized carbons (Fsp3) is 0.600. The Labute approximate surface area is 92.2 Å². The number of rotatable bonds is 5. The summed E-state index contributed by atoms with van der Waals surface area (Å²) in [5.74, 6) is -2.68. The van der Waals surface area contributed by atoms with Gasteiger partial charge in [0.15, 0.2) is 0 Å². The number of carbonyl (C=O) groups excluding carboxylic acids is 1. The lowest BCUT2D eigenvalue weighted by molar-refractivity contribution is -0.792. The third kappa shape index (κ3) is 1.75. The number of hydrogen-bond donors (Lipinski definition) is 1. The third-order valence-electron chi connectivity index (χ3n) is 1.75. The van der Waals surface area contributed by atoms with Crippen LogP contribution in [0.5, 0.6) is 0 Å². The predicted molar refractivity (Wildman–Crippen MR) is 46.5 cm³/mol. The molecule has 1 heterocycles. The second kappa shape index (κ2) is 4.46. The molecule has 0 aliphatic carbocycles. The van der Waals surface area contributed by atoms with Gasteiger partial charge >= 0.3 is 17.5 Å². The zero-order chi connectivity index (χ0) is 13.1. The van der Waals surface area contributed by atoms with Crippen LogP contribution in [0.3, 0.4) is 0 Å². The summed E-state index contributed by atoms with van der Waals surface area (Å²) in [6.07, 6.45) is 0. The lowest BCUT2D eigenvalue weighted by Gasteiger charge is -2.11. The highest BCUT2D eigenvalue weighted by molar-refractivity contribution is 5.77. The molecule has 0 atom stereocenters. The van der Waals surface area contributed by atoms with Gasteiger partial charge < -0.3 is 4.74 Å². The summed E-state index contributed by atoms with van der Waals surface area (Å²) in [6, 6.07) is 0. The van der Waals surface area contributed by atoms with E-state index in [4.69, 9.17) is 0 Å². The fourth-order valence-electron chi connectivity index (χ4n) is 1.01. The van der Waals surface area contributed by atoms with Crippen LogP contribution < -0.4 is 0 Å². The fourth-order valence-corrected chi connectivity index (χ4v) is 1.01. The van der Waals surface area contributed by atoms with Gasteiger partial charge in [-0.25, -0.2) is 4.79 Å². The van der Waals surface area contributed by atoms with Crippen molar-refractivity contribution in [2.45, 2.75) is 12.6 Å². The van der Waals surface area contributed by atoms with Gasteiger partial charge in [-0.05, 0) is 12.1 Å². The van der Waals surface area contributed by atoms with Crippen LogP contribution in [0.4, 0.5) is 0 Å². The smallest absolute Gasteiger partial charge is 0.455 e. The standard InChI is InChI=1S/C5H6N6O6/c1-2-17-4(12)5(10(13)14,11(15)16)3-6-8-9-7-3/h2H2,1H3,(H,6,7,8,9). The molecule has 1 rings (SSSR count). The number of aromatic nitrogens is 4. The molecular formula is C5H6N6O6. The van der Waals surface area contributed by atoms with Crippen molar-refractivity contribution < 1.29 is 19.4 Å². The van der Waals surface area contributed by atoms with Gasteiger partial charge in [0.1, 0.15) is 9.85 Å². The number of nitrogens with zero attached hydrogens (tertiary/aromatic N) is 5. The number of hydrogen-bond acceptors (Lipinski definition) is 9. The van der Waals surface area contributed by atoms with E-state index in [0.717, 1.165) is 0 Å². The van der Waals surface area contributed by atoms with Crippen LogP contribution in [0.15, 0.2) is 0 Å². The minimum Gasteiger partial charge on any atom is -0.455 e. The Hall–Kier alpha value is -2.66. The molecule has 0 fully saturated rings. The van der Waals surface area contributed by atoms with Crippen molar-refractivity contribution in [1.29, 1.82) is 0 Å². The summed E-state index contributed by atoms with van der Waals surface area (Å²) in [4.78, 5) is 30.2. The molecule has 12 nitrogen and oxygen atoms in total. The third-order valence-corrected chi connectivity index (χ3v) is 1.75. The van der Waals surface area contributed by atoms with Crippen molar-refractivity contribution in [3.63, 3.8) is 0 Å². The van der Waals surface area contributed by atoms with E-state index in [9.17, 15) is 25.0 Å². The van der Waals surface area contributed by atoms with E-state index in [2.05, 4.69) is 20.1 Å². The summed E-state index contributed by atoms with van der Waals surface area (Å²) >= 11 is 0. The van der Waals surface area contributed by atoms with Crippen LogP contribution >= 0.6 is 0 Å². The van der Waals surface area contributed by atoms with E-state index in [1.54, 1.807) is 0 Å². The first-order valence-electron chi connectivity index (χ1n) is 4.18. The SMILES string of the molecule is CCOC(=O)C(c1nn[nH]n1)([N+](=O)[O-])[N+](=O)[O-]. The van der Waals surface area contributed by atoms with Gasteiger partial charge in [-0.15, -0.1) is 5.10 Å². The van der Waals surface area contributed by atoms with Gasteiger partial charge in [-0.3, -0.25) is 20.2 Å². The zero-order valence-corrected chi connectivity index (χ0v) is 8.39. The predicted octanol–water partition coefficient (Wildman–Crippen LogP) is -1.53.